The molecule has 2 amide bonds. The van der Waals surface area contributed by atoms with E-state index in [1.54, 1.807) is 4.90 Å². The van der Waals surface area contributed by atoms with Crippen LogP contribution in [-0.4, -0.2) is 65.2 Å². The predicted octanol–water partition coefficient (Wildman–Crippen LogP) is 1.79. The Labute approximate surface area is 149 Å². The number of amides is 2. The molecule has 7 heteroatoms. The van der Waals surface area contributed by atoms with E-state index in [1.165, 1.54) is 4.90 Å². The molecular formula is C18H28N4O3. The third-order valence-electron chi connectivity index (χ3n) is 6.41. The molecular weight excluding hydrogens is 320 g/mol. The molecule has 7 nitrogen and oxygen atoms in total. The van der Waals surface area contributed by atoms with E-state index in [2.05, 4.69) is 11.4 Å². The Balaban J connectivity index is 1.40. The van der Waals surface area contributed by atoms with Crippen LogP contribution in [0.15, 0.2) is 0 Å². The molecule has 3 fully saturated rings. The molecule has 2 heterocycles. The predicted molar refractivity (Wildman–Crippen MR) is 91.9 cm³/mol. The minimum Gasteiger partial charge on any atom is -0.465 e. The Morgan fingerprint density at radius 3 is 2.40 bits per heavy atom. The molecule has 3 aliphatic rings. The monoisotopic (exact) mass is 348 g/mol. The molecule has 2 N–H and O–H groups in total. The summed E-state index contributed by atoms with van der Waals surface area (Å²) in [5.74, 6) is 0.0408. The van der Waals surface area contributed by atoms with Gasteiger partial charge in [-0.15, -0.1) is 0 Å². The third-order valence-corrected chi connectivity index (χ3v) is 6.41. The van der Waals surface area contributed by atoms with Gasteiger partial charge in [0.15, 0.2) is 0 Å². The van der Waals surface area contributed by atoms with Gasteiger partial charge >= 0.3 is 6.09 Å². The van der Waals surface area contributed by atoms with E-state index >= 15 is 0 Å². The van der Waals surface area contributed by atoms with Crippen molar-refractivity contribution in [3.05, 3.63) is 0 Å². The summed E-state index contributed by atoms with van der Waals surface area (Å²) in [6, 6.07) is 2.32. The smallest absolute Gasteiger partial charge is 0.407 e. The molecule has 0 aromatic carbocycles. The molecule has 3 rings (SSSR count). The van der Waals surface area contributed by atoms with Gasteiger partial charge in [0.2, 0.25) is 5.91 Å². The molecule has 1 spiro atoms. The maximum Gasteiger partial charge on any atom is 0.407 e. The molecule has 1 atom stereocenters. The van der Waals surface area contributed by atoms with Gasteiger partial charge in [-0.05, 0) is 56.8 Å². The van der Waals surface area contributed by atoms with Crippen LogP contribution in [0.1, 0.15) is 51.4 Å². The summed E-state index contributed by atoms with van der Waals surface area (Å²) in [4.78, 5) is 26.6. The second kappa shape index (κ2) is 7.61. The SMILES string of the molecule is N#C[C@@H]1CCCN1C(=O)CNC1CCC2(CC1)CCN(C(=O)O)CC2. The Morgan fingerprint density at radius 2 is 1.80 bits per heavy atom. The van der Waals surface area contributed by atoms with Gasteiger partial charge in [-0.2, -0.15) is 5.26 Å². The van der Waals surface area contributed by atoms with E-state index in [0.29, 0.717) is 37.6 Å². The number of nitriles is 1. The van der Waals surface area contributed by atoms with Crippen molar-refractivity contribution >= 4 is 12.0 Å². The second-order valence-corrected chi connectivity index (χ2v) is 7.80. The highest BCUT2D eigenvalue weighted by atomic mass is 16.4. The minimum atomic E-state index is -0.804. The van der Waals surface area contributed by atoms with Crippen molar-refractivity contribution in [1.29, 1.82) is 5.26 Å². The molecule has 1 aliphatic carbocycles. The van der Waals surface area contributed by atoms with Crippen LogP contribution in [0.5, 0.6) is 0 Å². The van der Waals surface area contributed by atoms with E-state index in [9.17, 15) is 9.59 Å². The van der Waals surface area contributed by atoms with Gasteiger partial charge in [-0.3, -0.25) is 4.79 Å². The Hall–Kier alpha value is -1.81. The zero-order chi connectivity index (χ0) is 17.9. The Morgan fingerprint density at radius 1 is 1.12 bits per heavy atom. The first kappa shape index (κ1) is 18.0. The van der Waals surface area contributed by atoms with Crippen molar-refractivity contribution < 1.29 is 14.7 Å². The largest absolute Gasteiger partial charge is 0.465 e. The average molecular weight is 348 g/mol. The summed E-state index contributed by atoms with van der Waals surface area (Å²) in [6.07, 6.45) is 7.13. The maximum atomic E-state index is 12.3. The number of nitrogens with zero attached hydrogens (tertiary/aromatic N) is 3. The molecule has 1 saturated carbocycles. The van der Waals surface area contributed by atoms with E-state index in [0.717, 1.165) is 51.4 Å². The fourth-order valence-corrected chi connectivity index (χ4v) is 4.64. The van der Waals surface area contributed by atoms with Gasteiger partial charge in [-0.1, -0.05) is 0 Å². The van der Waals surface area contributed by atoms with Gasteiger partial charge in [0.05, 0.1) is 12.6 Å². The first-order valence-corrected chi connectivity index (χ1v) is 9.43. The fraction of sp³-hybridized carbons (Fsp3) is 0.833. The summed E-state index contributed by atoms with van der Waals surface area (Å²) in [6.45, 7) is 2.32. The average Bonchev–Trinajstić information content (AvgIpc) is 3.10. The standard InChI is InChI=1S/C18H28N4O3/c19-12-15-2-1-9-22(15)16(23)13-20-14-3-5-18(6-4-14)7-10-21(11-8-18)17(24)25/h14-15,20H,1-11,13H2,(H,24,25)/t15-/m0/s1. The van der Waals surface area contributed by atoms with Crippen molar-refractivity contribution in [1.82, 2.24) is 15.1 Å². The second-order valence-electron chi connectivity index (χ2n) is 7.80. The van der Waals surface area contributed by atoms with E-state index in [-0.39, 0.29) is 11.9 Å². The normalized spacial score (nSPS) is 26.6. The topological polar surface area (TPSA) is 96.7 Å². The van der Waals surface area contributed by atoms with Crippen LogP contribution in [0.3, 0.4) is 0 Å². The third kappa shape index (κ3) is 4.06. The quantitative estimate of drug-likeness (QED) is 0.810. The number of piperidine rings is 1. The molecule has 0 aromatic rings. The number of hydrogen-bond donors (Lipinski definition) is 2. The lowest BCUT2D eigenvalue weighted by atomic mass is 9.67. The highest BCUT2D eigenvalue weighted by Crippen LogP contribution is 2.44. The highest BCUT2D eigenvalue weighted by molar-refractivity contribution is 5.79. The van der Waals surface area contributed by atoms with Gasteiger partial charge in [-0.25, -0.2) is 4.79 Å². The number of carbonyl (C=O) groups is 2. The first-order valence-electron chi connectivity index (χ1n) is 9.43. The van der Waals surface area contributed by atoms with E-state index in [4.69, 9.17) is 10.4 Å². The maximum absolute atomic E-state index is 12.3. The van der Waals surface area contributed by atoms with Crippen LogP contribution < -0.4 is 5.32 Å². The molecule has 0 unspecified atom stereocenters. The number of hydrogen-bond acceptors (Lipinski definition) is 4. The van der Waals surface area contributed by atoms with Crippen LogP contribution >= 0.6 is 0 Å². The lowest BCUT2D eigenvalue weighted by Crippen LogP contribution is -2.48. The van der Waals surface area contributed by atoms with Gasteiger partial charge < -0.3 is 20.2 Å². The van der Waals surface area contributed by atoms with Crippen LogP contribution in [0.4, 0.5) is 4.79 Å². The molecule has 25 heavy (non-hydrogen) atoms. The van der Waals surface area contributed by atoms with Gasteiger partial charge in [0.1, 0.15) is 6.04 Å². The van der Waals surface area contributed by atoms with Crippen LogP contribution in [-0.2, 0) is 4.79 Å². The summed E-state index contributed by atoms with van der Waals surface area (Å²) in [5.41, 5.74) is 0.301. The Bertz CT molecular complexity index is 541. The zero-order valence-electron chi connectivity index (χ0n) is 14.7. The highest BCUT2D eigenvalue weighted by Gasteiger charge is 2.39. The van der Waals surface area contributed by atoms with Crippen LogP contribution in [0, 0.1) is 16.7 Å². The molecule has 138 valence electrons. The zero-order valence-corrected chi connectivity index (χ0v) is 14.7. The molecule has 0 bridgehead atoms. The van der Waals surface area contributed by atoms with E-state index in [1.807, 2.05) is 0 Å². The van der Waals surface area contributed by atoms with Crippen LogP contribution in [0.2, 0.25) is 0 Å². The van der Waals surface area contributed by atoms with Crippen molar-refractivity contribution in [3.63, 3.8) is 0 Å². The molecule has 0 radical (unpaired) electrons. The number of rotatable bonds is 3. The summed E-state index contributed by atoms with van der Waals surface area (Å²) in [7, 11) is 0. The number of carboxylic acid groups (broad SMARTS) is 1. The summed E-state index contributed by atoms with van der Waals surface area (Å²) in [5, 5.41) is 21.6. The summed E-state index contributed by atoms with van der Waals surface area (Å²) < 4.78 is 0. The number of nitrogens with one attached hydrogen (secondary N) is 1. The first-order chi connectivity index (χ1) is 12.0. The fourth-order valence-electron chi connectivity index (χ4n) is 4.64. The molecule has 2 saturated heterocycles. The molecule has 0 aromatic heterocycles. The molecule has 2 aliphatic heterocycles. The van der Waals surface area contributed by atoms with Crippen molar-refractivity contribution in [2.75, 3.05) is 26.2 Å². The number of carbonyl (C=O) groups excluding carboxylic acids is 1. The van der Waals surface area contributed by atoms with Gasteiger partial charge in [0.25, 0.3) is 0 Å². The number of likely N-dealkylation sites (tertiary alicyclic amines) is 2. The van der Waals surface area contributed by atoms with Gasteiger partial charge in [0, 0.05) is 25.7 Å². The van der Waals surface area contributed by atoms with Crippen LogP contribution in [0.25, 0.3) is 0 Å². The lowest BCUT2D eigenvalue weighted by Gasteiger charge is -2.45. The Kier molecular flexibility index (Phi) is 5.48. The minimum absolute atomic E-state index is 0.0408. The summed E-state index contributed by atoms with van der Waals surface area (Å²) >= 11 is 0. The lowest BCUT2D eigenvalue weighted by molar-refractivity contribution is -0.130. The van der Waals surface area contributed by atoms with Crippen molar-refractivity contribution in [2.24, 2.45) is 5.41 Å². The van der Waals surface area contributed by atoms with Crippen molar-refractivity contribution in [2.45, 2.75) is 63.5 Å². The van der Waals surface area contributed by atoms with Crippen molar-refractivity contribution in [3.8, 4) is 6.07 Å². The van der Waals surface area contributed by atoms with E-state index < -0.39 is 6.09 Å².